The number of sulfonamides is 1. The fourth-order valence-electron chi connectivity index (χ4n) is 1.55. The van der Waals surface area contributed by atoms with Gasteiger partial charge in [-0.1, -0.05) is 0 Å². The average Bonchev–Trinajstić information content (AvgIpc) is 2.82. The summed E-state index contributed by atoms with van der Waals surface area (Å²) in [6, 6.07) is 7.08. The zero-order chi connectivity index (χ0) is 14.0. The van der Waals surface area contributed by atoms with Gasteiger partial charge >= 0.3 is 0 Å². The third-order valence-electron chi connectivity index (χ3n) is 2.54. The summed E-state index contributed by atoms with van der Waals surface area (Å²) in [5.41, 5.74) is 6.35. The number of anilines is 1. The fraction of sp³-hybridized carbons (Fsp3) is 0.167. The molecule has 0 fully saturated rings. The molecule has 4 nitrogen and oxygen atoms in total. The summed E-state index contributed by atoms with van der Waals surface area (Å²) < 4.78 is 39.9. The highest BCUT2D eigenvalue weighted by molar-refractivity contribution is 7.94. The first-order chi connectivity index (χ1) is 8.92. The van der Waals surface area contributed by atoms with E-state index in [1.807, 2.05) is 0 Å². The maximum Gasteiger partial charge on any atom is 0.271 e. The molecule has 0 aliphatic rings. The van der Waals surface area contributed by atoms with Gasteiger partial charge in [-0.2, -0.15) is 0 Å². The molecule has 102 valence electrons. The predicted molar refractivity (Wildman–Crippen MR) is 74.2 cm³/mol. The Morgan fingerprint density at radius 1 is 1.32 bits per heavy atom. The van der Waals surface area contributed by atoms with Crippen molar-refractivity contribution in [2.45, 2.75) is 17.7 Å². The van der Waals surface area contributed by atoms with Crippen molar-refractivity contribution in [2.75, 3.05) is 4.72 Å². The normalized spacial score (nSPS) is 11.5. The van der Waals surface area contributed by atoms with Crippen LogP contribution in [0.4, 0.5) is 10.1 Å². The summed E-state index contributed by atoms with van der Waals surface area (Å²) in [6.07, 6.45) is 0. The first kappa shape index (κ1) is 14.0. The third-order valence-corrected chi connectivity index (χ3v) is 5.50. The van der Waals surface area contributed by atoms with Crippen LogP contribution in [0, 0.1) is 12.7 Å². The number of halogens is 1. The molecule has 1 aromatic heterocycles. The van der Waals surface area contributed by atoms with Crippen LogP contribution in [-0.2, 0) is 16.6 Å². The number of nitrogens with two attached hydrogens (primary N) is 1. The van der Waals surface area contributed by atoms with Gasteiger partial charge in [-0.15, -0.1) is 11.3 Å². The van der Waals surface area contributed by atoms with Crippen LogP contribution in [0.5, 0.6) is 0 Å². The van der Waals surface area contributed by atoms with Crippen LogP contribution in [0.3, 0.4) is 0 Å². The third kappa shape index (κ3) is 3.12. The van der Waals surface area contributed by atoms with Crippen LogP contribution in [0.1, 0.15) is 10.4 Å². The van der Waals surface area contributed by atoms with Crippen molar-refractivity contribution in [3.8, 4) is 0 Å². The topological polar surface area (TPSA) is 72.2 Å². The van der Waals surface area contributed by atoms with Gasteiger partial charge in [0.1, 0.15) is 10.0 Å². The van der Waals surface area contributed by atoms with Crippen molar-refractivity contribution in [1.29, 1.82) is 0 Å². The Morgan fingerprint density at radius 2 is 2.05 bits per heavy atom. The summed E-state index contributed by atoms with van der Waals surface area (Å²) in [7, 11) is -3.65. The van der Waals surface area contributed by atoms with E-state index in [1.165, 1.54) is 24.3 Å². The van der Waals surface area contributed by atoms with Crippen LogP contribution in [0.25, 0.3) is 0 Å². The maximum atomic E-state index is 13.0. The van der Waals surface area contributed by atoms with Crippen molar-refractivity contribution >= 4 is 27.0 Å². The van der Waals surface area contributed by atoms with Crippen molar-refractivity contribution in [3.63, 3.8) is 0 Å². The standard InChI is InChI=1S/C12H13FN2O2S2/c1-8-6-9(13)2-4-11(8)15-19(16,17)12-5-3-10(7-14)18-12/h2-6,15H,7,14H2,1H3. The molecular weight excluding hydrogens is 287 g/mol. The molecular formula is C12H13FN2O2S2. The Balaban J connectivity index is 2.30. The lowest BCUT2D eigenvalue weighted by atomic mass is 10.2. The minimum absolute atomic E-state index is 0.191. The monoisotopic (exact) mass is 300 g/mol. The van der Waals surface area contributed by atoms with E-state index in [4.69, 9.17) is 5.73 Å². The Bertz CT molecular complexity index is 696. The molecule has 0 atom stereocenters. The Kier molecular flexibility index (Phi) is 3.88. The first-order valence-corrected chi connectivity index (χ1v) is 7.80. The Labute approximate surface area is 115 Å². The molecule has 3 N–H and O–H groups in total. The lowest BCUT2D eigenvalue weighted by molar-refractivity contribution is 0.602. The van der Waals surface area contributed by atoms with Gasteiger partial charge in [0.25, 0.3) is 10.0 Å². The summed E-state index contributed by atoms with van der Waals surface area (Å²) in [6.45, 7) is 1.94. The zero-order valence-corrected chi connectivity index (χ0v) is 11.8. The predicted octanol–water partition coefficient (Wildman–Crippen LogP) is 2.46. The fourth-order valence-corrected chi connectivity index (χ4v) is 3.91. The molecule has 0 bridgehead atoms. The smallest absolute Gasteiger partial charge is 0.271 e. The number of nitrogens with one attached hydrogen (secondary N) is 1. The molecule has 0 aliphatic heterocycles. The van der Waals surface area contributed by atoms with Crippen molar-refractivity contribution < 1.29 is 12.8 Å². The SMILES string of the molecule is Cc1cc(F)ccc1NS(=O)(=O)c1ccc(CN)s1. The highest BCUT2D eigenvalue weighted by Gasteiger charge is 2.17. The Hall–Kier alpha value is -1.44. The second-order valence-corrected chi connectivity index (χ2v) is 7.07. The van der Waals surface area contributed by atoms with E-state index in [0.29, 0.717) is 17.8 Å². The molecule has 0 saturated carbocycles. The second kappa shape index (κ2) is 5.28. The lowest BCUT2D eigenvalue weighted by Crippen LogP contribution is -2.12. The minimum Gasteiger partial charge on any atom is -0.326 e. The molecule has 0 amide bonds. The number of thiophene rings is 1. The average molecular weight is 300 g/mol. The van der Waals surface area contributed by atoms with E-state index < -0.39 is 15.8 Å². The summed E-state index contributed by atoms with van der Waals surface area (Å²) in [5, 5.41) is 0. The molecule has 1 heterocycles. The lowest BCUT2D eigenvalue weighted by Gasteiger charge is -2.09. The number of benzene rings is 1. The van der Waals surface area contributed by atoms with E-state index in [-0.39, 0.29) is 4.21 Å². The molecule has 1 aromatic carbocycles. The van der Waals surface area contributed by atoms with Crippen molar-refractivity contribution in [1.82, 2.24) is 0 Å². The van der Waals surface area contributed by atoms with Gasteiger partial charge in [0, 0.05) is 11.4 Å². The van der Waals surface area contributed by atoms with Crippen LogP contribution < -0.4 is 10.5 Å². The number of hydrogen-bond acceptors (Lipinski definition) is 4. The molecule has 2 rings (SSSR count). The van der Waals surface area contributed by atoms with Crippen molar-refractivity contribution in [2.24, 2.45) is 5.73 Å². The largest absolute Gasteiger partial charge is 0.326 e. The molecule has 7 heteroatoms. The van der Waals surface area contributed by atoms with Gasteiger partial charge in [-0.05, 0) is 42.8 Å². The van der Waals surface area contributed by atoms with E-state index >= 15 is 0 Å². The Morgan fingerprint density at radius 3 is 2.63 bits per heavy atom. The second-order valence-electron chi connectivity index (χ2n) is 3.99. The van der Waals surface area contributed by atoms with Crippen LogP contribution >= 0.6 is 11.3 Å². The molecule has 2 aromatic rings. The van der Waals surface area contributed by atoms with Crippen LogP contribution in [-0.4, -0.2) is 8.42 Å². The number of aryl methyl sites for hydroxylation is 1. The molecule has 0 unspecified atom stereocenters. The molecule has 0 aliphatic carbocycles. The first-order valence-electron chi connectivity index (χ1n) is 5.50. The van der Waals surface area contributed by atoms with Gasteiger partial charge in [-0.25, -0.2) is 12.8 Å². The summed E-state index contributed by atoms with van der Waals surface area (Å²) in [4.78, 5) is 0.788. The van der Waals surface area contributed by atoms with Gasteiger partial charge < -0.3 is 5.73 Å². The van der Waals surface area contributed by atoms with Crippen molar-refractivity contribution in [3.05, 3.63) is 46.6 Å². The highest BCUT2D eigenvalue weighted by Crippen LogP contribution is 2.25. The van der Waals surface area contributed by atoms with Crippen LogP contribution in [0.15, 0.2) is 34.5 Å². The van der Waals surface area contributed by atoms with Crippen LogP contribution in [0.2, 0.25) is 0 Å². The zero-order valence-electron chi connectivity index (χ0n) is 10.2. The van der Waals surface area contributed by atoms with E-state index in [0.717, 1.165) is 16.2 Å². The minimum atomic E-state index is -3.65. The van der Waals surface area contributed by atoms with E-state index in [9.17, 15) is 12.8 Å². The number of rotatable bonds is 4. The van der Waals surface area contributed by atoms with E-state index in [2.05, 4.69) is 4.72 Å². The van der Waals surface area contributed by atoms with Gasteiger partial charge in [-0.3, -0.25) is 4.72 Å². The summed E-state index contributed by atoms with van der Waals surface area (Å²) >= 11 is 1.12. The maximum absolute atomic E-state index is 13.0. The molecule has 0 spiro atoms. The van der Waals surface area contributed by atoms with E-state index in [1.54, 1.807) is 13.0 Å². The quantitative estimate of drug-likeness (QED) is 0.911. The molecule has 0 radical (unpaired) electrons. The van der Waals surface area contributed by atoms with Gasteiger partial charge in [0.2, 0.25) is 0 Å². The molecule has 0 saturated heterocycles. The van der Waals surface area contributed by atoms with Gasteiger partial charge in [0.05, 0.1) is 5.69 Å². The summed E-state index contributed by atoms with van der Waals surface area (Å²) in [5.74, 6) is -0.401. The van der Waals surface area contributed by atoms with Gasteiger partial charge in [0.15, 0.2) is 0 Å². The highest BCUT2D eigenvalue weighted by atomic mass is 32.2. The number of hydrogen-bond donors (Lipinski definition) is 2. The molecule has 19 heavy (non-hydrogen) atoms.